The lowest BCUT2D eigenvalue weighted by atomic mass is 9.98. The van der Waals surface area contributed by atoms with Crippen molar-refractivity contribution in [3.8, 4) is 0 Å². The van der Waals surface area contributed by atoms with Crippen molar-refractivity contribution in [2.24, 2.45) is 5.92 Å². The van der Waals surface area contributed by atoms with Gasteiger partial charge in [-0.15, -0.1) is 0 Å². The van der Waals surface area contributed by atoms with E-state index in [1.165, 1.54) is 0 Å². The average Bonchev–Trinajstić information content (AvgIpc) is 3.21. The van der Waals surface area contributed by atoms with Crippen molar-refractivity contribution < 1.29 is 4.79 Å². The van der Waals surface area contributed by atoms with Crippen LogP contribution in [0.4, 0.5) is 5.82 Å². The maximum atomic E-state index is 11.9. The number of amides is 1. The van der Waals surface area contributed by atoms with E-state index in [0.717, 1.165) is 42.7 Å². The number of aromatic nitrogens is 2. The number of rotatable bonds is 3. The molecule has 0 unspecified atom stereocenters. The van der Waals surface area contributed by atoms with E-state index in [9.17, 15) is 4.79 Å². The van der Waals surface area contributed by atoms with Gasteiger partial charge in [0.05, 0.1) is 11.4 Å². The summed E-state index contributed by atoms with van der Waals surface area (Å²) in [6, 6.07) is 8.42. The second kappa shape index (κ2) is 4.44. The molecule has 2 fully saturated rings. The minimum atomic E-state index is 0.101. The Kier molecular flexibility index (Phi) is 2.58. The summed E-state index contributed by atoms with van der Waals surface area (Å²) in [5, 5.41) is 4.12. The van der Waals surface area contributed by atoms with Gasteiger partial charge in [0.15, 0.2) is 0 Å². The fourth-order valence-corrected chi connectivity index (χ4v) is 2.61. The molecule has 2 aromatic rings. The molecule has 4 rings (SSSR count). The van der Waals surface area contributed by atoms with Gasteiger partial charge in [0.25, 0.3) is 0 Å². The number of para-hydroxylation sites is 1. The summed E-state index contributed by atoms with van der Waals surface area (Å²) in [6.07, 6.45) is 3.87. The molecular weight excluding hydrogens is 252 g/mol. The molecule has 1 aromatic carbocycles. The van der Waals surface area contributed by atoms with Crippen LogP contribution < -0.4 is 10.2 Å². The molecule has 5 heteroatoms. The van der Waals surface area contributed by atoms with Gasteiger partial charge in [0.1, 0.15) is 12.1 Å². The Morgan fingerprint density at radius 2 is 2.00 bits per heavy atom. The maximum absolute atomic E-state index is 11.9. The summed E-state index contributed by atoms with van der Waals surface area (Å²) >= 11 is 0. The molecule has 1 amide bonds. The van der Waals surface area contributed by atoms with E-state index in [-0.39, 0.29) is 11.8 Å². The van der Waals surface area contributed by atoms with Gasteiger partial charge in [0.2, 0.25) is 5.91 Å². The molecule has 1 saturated heterocycles. The number of carbonyl (C=O) groups excluding carboxylic acids is 1. The zero-order valence-corrected chi connectivity index (χ0v) is 11.1. The Bertz CT molecular complexity index is 656. The van der Waals surface area contributed by atoms with Crippen LogP contribution in [0.5, 0.6) is 0 Å². The summed E-state index contributed by atoms with van der Waals surface area (Å²) in [5.41, 5.74) is 0.948. The van der Waals surface area contributed by atoms with Gasteiger partial charge in [-0.3, -0.25) is 4.79 Å². The maximum Gasteiger partial charge on any atom is 0.226 e. The number of nitrogens with zero attached hydrogens (tertiary/aromatic N) is 3. The summed E-state index contributed by atoms with van der Waals surface area (Å²) in [4.78, 5) is 22.7. The second-order valence-electron chi connectivity index (χ2n) is 5.60. The summed E-state index contributed by atoms with van der Waals surface area (Å²) in [5.74, 6) is 1.23. The van der Waals surface area contributed by atoms with E-state index < -0.39 is 0 Å². The highest BCUT2D eigenvalue weighted by Gasteiger charge is 2.36. The Hall–Kier alpha value is -2.17. The fraction of sp³-hybridized carbons (Fsp3) is 0.400. The van der Waals surface area contributed by atoms with Crippen molar-refractivity contribution in [3.63, 3.8) is 0 Å². The molecule has 2 aliphatic rings. The molecule has 1 saturated carbocycles. The van der Waals surface area contributed by atoms with Crippen molar-refractivity contribution in [2.45, 2.75) is 18.9 Å². The van der Waals surface area contributed by atoms with Gasteiger partial charge in [-0.25, -0.2) is 9.97 Å². The fourth-order valence-electron chi connectivity index (χ4n) is 2.61. The van der Waals surface area contributed by atoms with Crippen LogP contribution in [0.2, 0.25) is 0 Å². The number of carbonyl (C=O) groups is 1. The third-order valence-corrected chi connectivity index (χ3v) is 4.00. The largest absolute Gasteiger partial charge is 0.354 e. The third-order valence-electron chi connectivity index (χ3n) is 4.00. The Morgan fingerprint density at radius 1 is 1.20 bits per heavy atom. The lowest BCUT2D eigenvalue weighted by Gasteiger charge is -2.39. The minimum Gasteiger partial charge on any atom is -0.354 e. The molecule has 1 aromatic heterocycles. The van der Waals surface area contributed by atoms with Crippen molar-refractivity contribution in [1.29, 1.82) is 0 Å². The highest BCUT2D eigenvalue weighted by molar-refractivity contribution is 5.91. The van der Waals surface area contributed by atoms with Gasteiger partial charge in [-0.1, -0.05) is 12.1 Å². The number of anilines is 1. The van der Waals surface area contributed by atoms with Crippen LogP contribution in [-0.2, 0) is 4.79 Å². The van der Waals surface area contributed by atoms with Gasteiger partial charge >= 0.3 is 0 Å². The SMILES string of the molecule is O=C(NC1CC1)C1CN(c2ncnc3ccccc23)C1. The molecular formula is C15H16N4O. The molecule has 5 nitrogen and oxygen atoms in total. The van der Waals surface area contributed by atoms with Gasteiger partial charge in [0, 0.05) is 24.5 Å². The van der Waals surface area contributed by atoms with E-state index >= 15 is 0 Å². The Balaban J connectivity index is 1.50. The Labute approximate surface area is 117 Å². The van der Waals surface area contributed by atoms with Crippen molar-refractivity contribution >= 4 is 22.6 Å². The predicted octanol–water partition coefficient (Wildman–Crippen LogP) is 1.34. The predicted molar refractivity (Wildman–Crippen MR) is 76.4 cm³/mol. The topological polar surface area (TPSA) is 58.1 Å². The minimum absolute atomic E-state index is 0.101. The van der Waals surface area contributed by atoms with Gasteiger partial charge < -0.3 is 10.2 Å². The zero-order valence-electron chi connectivity index (χ0n) is 11.1. The first-order valence-electron chi connectivity index (χ1n) is 7.06. The summed E-state index contributed by atoms with van der Waals surface area (Å²) < 4.78 is 0. The highest BCUT2D eigenvalue weighted by atomic mass is 16.2. The van der Waals surface area contributed by atoms with Crippen molar-refractivity contribution in [2.75, 3.05) is 18.0 Å². The van der Waals surface area contributed by atoms with E-state index in [2.05, 4.69) is 20.2 Å². The van der Waals surface area contributed by atoms with Crippen LogP contribution in [0.15, 0.2) is 30.6 Å². The van der Waals surface area contributed by atoms with Crippen LogP contribution in [0.3, 0.4) is 0 Å². The molecule has 1 aliphatic heterocycles. The first-order chi connectivity index (χ1) is 9.81. The Morgan fingerprint density at radius 3 is 2.80 bits per heavy atom. The van der Waals surface area contributed by atoms with E-state index in [0.29, 0.717) is 6.04 Å². The monoisotopic (exact) mass is 268 g/mol. The van der Waals surface area contributed by atoms with Crippen molar-refractivity contribution in [3.05, 3.63) is 30.6 Å². The number of nitrogens with one attached hydrogen (secondary N) is 1. The molecule has 102 valence electrons. The lowest BCUT2D eigenvalue weighted by Crippen LogP contribution is -2.54. The normalized spacial score (nSPS) is 18.9. The quantitative estimate of drug-likeness (QED) is 0.912. The molecule has 0 bridgehead atoms. The van der Waals surface area contributed by atoms with Gasteiger partial charge in [-0.2, -0.15) is 0 Å². The highest BCUT2D eigenvalue weighted by Crippen LogP contribution is 2.29. The second-order valence-corrected chi connectivity index (χ2v) is 5.60. The van der Waals surface area contributed by atoms with Gasteiger partial charge in [-0.05, 0) is 25.0 Å². The zero-order chi connectivity index (χ0) is 13.5. The van der Waals surface area contributed by atoms with Crippen LogP contribution in [0.1, 0.15) is 12.8 Å². The van der Waals surface area contributed by atoms with Crippen LogP contribution in [-0.4, -0.2) is 35.0 Å². The van der Waals surface area contributed by atoms with Crippen LogP contribution in [0, 0.1) is 5.92 Å². The lowest BCUT2D eigenvalue weighted by molar-refractivity contribution is -0.125. The number of fused-ring (bicyclic) bond motifs is 1. The molecule has 1 aliphatic carbocycles. The number of hydrogen-bond acceptors (Lipinski definition) is 4. The smallest absolute Gasteiger partial charge is 0.226 e. The molecule has 0 spiro atoms. The van der Waals surface area contributed by atoms with E-state index in [1.807, 2.05) is 24.3 Å². The molecule has 1 N–H and O–H groups in total. The van der Waals surface area contributed by atoms with Crippen LogP contribution >= 0.6 is 0 Å². The molecule has 0 atom stereocenters. The summed E-state index contributed by atoms with van der Waals surface area (Å²) in [7, 11) is 0. The van der Waals surface area contributed by atoms with Crippen molar-refractivity contribution in [1.82, 2.24) is 15.3 Å². The van der Waals surface area contributed by atoms with E-state index in [1.54, 1.807) is 6.33 Å². The standard InChI is InChI=1S/C15H16N4O/c20-15(18-11-5-6-11)10-7-19(8-10)14-12-3-1-2-4-13(12)16-9-17-14/h1-4,9-11H,5-8H2,(H,18,20). The number of benzene rings is 1. The average molecular weight is 268 g/mol. The number of hydrogen-bond donors (Lipinski definition) is 1. The first-order valence-corrected chi connectivity index (χ1v) is 7.06. The summed E-state index contributed by atoms with van der Waals surface area (Å²) in [6.45, 7) is 1.50. The van der Waals surface area contributed by atoms with Crippen LogP contribution in [0.25, 0.3) is 10.9 Å². The molecule has 2 heterocycles. The third kappa shape index (κ3) is 1.99. The molecule has 20 heavy (non-hydrogen) atoms. The first kappa shape index (κ1) is 11.6. The molecule has 0 radical (unpaired) electrons. The van der Waals surface area contributed by atoms with E-state index in [4.69, 9.17) is 0 Å².